The molecule has 2 heterocycles. The van der Waals surface area contributed by atoms with Crippen LogP contribution in [0.1, 0.15) is 90.9 Å². The highest BCUT2D eigenvalue weighted by atomic mass is 32.2. The topological polar surface area (TPSA) is 29.5 Å². The van der Waals surface area contributed by atoms with E-state index in [4.69, 9.17) is 4.74 Å². The first-order valence-electron chi connectivity index (χ1n) is 14.7. The number of carbonyl (C=O) groups excluding carboxylic acids is 1. The van der Waals surface area contributed by atoms with Crippen molar-refractivity contribution in [1.82, 2.24) is 4.90 Å². The van der Waals surface area contributed by atoms with Crippen LogP contribution in [0.25, 0.3) is 0 Å². The fourth-order valence-electron chi connectivity index (χ4n) is 10.1. The molecule has 1 saturated heterocycles. The highest BCUT2D eigenvalue weighted by molar-refractivity contribution is 7.99. The third-order valence-corrected chi connectivity index (χ3v) is 13.3. The fourth-order valence-corrected chi connectivity index (χ4v) is 11.4. The Kier molecular flexibility index (Phi) is 6.63. The van der Waals surface area contributed by atoms with E-state index in [0.29, 0.717) is 23.4 Å². The molecular formula is C30H47NO2S. The van der Waals surface area contributed by atoms with Crippen molar-refractivity contribution in [3.05, 3.63) is 11.6 Å². The van der Waals surface area contributed by atoms with Crippen LogP contribution in [0.4, 0.5) is 0 Å². The number of fused-ring (bicyclic) bond motifs is 5. The normalized spacial score (nSPS) is 46.5. The van der Waals surface area contributed by atoms with Gasteiger partial charge in [-0.3, -0.25) is 0 Å². The smallest absolute Gasteiger partial charge is 0.331 e. The van der Waals surface area contributed by atoms with Gasteiger partial charge in [-0.25, -0.2) is 4.79 Å². The zero-order chi connectivity index (χ0) is 23.3. The molecule has 0 spiro atoms. The van der Waals surface area contributed by atoms with Gasteiger partial charge < -0.3 is 9.64 Å². The van der Waals surface area contributed by atoms with Gasteiger partial charge in [-0.05, 0) is 148 Å². The van der Waals surface area contributed by atoms with Gasteiger partial charge in [0.2, 0.25) is 0 Å². The van der Waals surface area contributed by atoms with Crippen LogP contribution in [0.2, 0.25) is 0 Å². The Hall–Kier alpha value is -0.480. The number of carbonyl (C=O) groups is 1. The predicted octanol–water partition coefficient (Wildman–Crippen LogP) is 6.72. The number of ether oxygens (including phenoxy) is 1. The Morgan fingerprint density at radius 2 is 1.79 bits per heavy atom. The minimum atomic E-state index is -0.102. The molecule has 0 amide bonds. The van der Waals surface area contributed by atoms with E-state index in [1.807, 2.05) is 6.08 Å². The Bertz CT molecular complexity index is 806. The summed E-state index contributed by atoms with van der Waals surface area (Å²) in [4.78, 5) is 14.4. The van der Waals surface area contributed by atoms with Crippen molar-refractivity contribution < 1.29 is 9.53 Å². The summed E-state index contributed by atoms with van der Waals surface area (Å²) in [7, 11) is 0. The minimum Gasteiger partial charge on any atom is -0.458 e. The second-order valence-electron chi connectivity index (χ2n) is 13.3. The van der Waals surface area contributed by atoms with Gasteiger partial charge >= 0.3 is 5.97 Å². The van der Waals surface area contributed by atoms with Crippen LogP contribution in [0.3, 0.4) is 0 Å². The maximum Gasteiger partial charge on any atom is 0.331 e. The Morgan fingerprint density at radius 3 is 2.59 bits per heavy atom. The summed E-state index contributed by atoms with van der Waals surface area (Å²) in [6, 6.07) is 0. The standard InChI is InChI=1S/C30H47NO2S/c1-29-12-10-23(34-17-5-16-31-14-3-4-15-31)19-22(29)6-7-24-26-9-8-25(21-18-28(32)33-20-21)30(26,2)13-11-27(24)29/h18,22-27H,3-17,19-20H2,1-2H3/t22-,23-,24-,25+,26-,27-,29-,30+/m0/s1. The summed E-state index contributed by atoms with van der Waals surface area (Å²) in [5, 5.41) is 0.921. The molecule has 8 atom stereocenters. The van der Waals surface area contributed by atoms with E-state index < -0.39 is 0 Å². The molecule has 4 aliphatic carbocycles. The molecule has 0 N–H and O–H groups in total. The minimum absolute atomic E-state index is 0.102. The lowest BCUT2D eigenvalue weighted by Gasteiger charge is -2.61. The van der Waals surface area contributed by atoms with E-state index in [-0.39, 0.29) is 5.97 Å². The molecule has 190 valence electrons. The second kappa shape index (κ2) is 9.43. The lowest BCUT2D eigenvalue weighted by molar-refractivity contribution is -0.135. The van der Waals surface area contributed by atoms with E-state index >= 15 is 0 Å². The number of likely N-dealkylation sites (tertiary alicyclic amines) is 1. The van der Waals surface area contributed by atoms with E-state index in [9.17, 15) is 4.79 Å². The number of hydrogen-bond donors (Lipinski definition) is 0. The van der Waals surface area contributed by atoms with E-state index in [1.165, 1.54) is 108 Å². The number of rotatable bonds is 6. The van der Waals surface area contributed by atoms with Gasteiger partial charge in [0, 0.05) is 11.3 Å². The number of hydrogen-bond acceptors (Lipinski definition) is 4. The number of esters is 1. The number of thioether (sulfide) groups is 1. The van der Waals surface area contributed by atoms with Crippen molar-refractivity contribution in [3.63, 3.8) is 0 Å². The van der Waals surface area contributed by atoms with Crippen molar-refractivity contribution in [3.8, 4) is 0 Å². The van der Waals surface area contributed by atoms with Gasteiger partial charge in [0.15, 0.2) is 0 Å². The molecule has 6 aliphatic rings. The molecule has 0 unspecified atom stereocenters. The fraction of sp³-hybridized carbons (Fsp3) is 0.900. The molecule has 0 aromatic heterocycles. The molecule has 4 saturated carbocycles. The van der Waals surface area contributed by atoms with Crippen molar-refractivity contribution in [2.75, 3.05) is 32.0 Å². The number of cyclic esters (lactones) is 1. The molecule has 2 aliphatic heterocycles. The van der Waals surface area contributed by atoms with Gasteiger partial charge in [-0.15, -0.1) is 0 Å². The average Bonchev–Trinajstić information content (AvgIpc) is 3.56. The van der Waals surface area contributed by atoms with Crippen LogP contribution >= 0.6 is 11.8 Å². The summed E-state index contributed by atoms with van der Waals surface area (Å²) in [6.45, 7) is 9.89. The van der Waals surface area contributed by atoms with Crippen LogP contribution in [-0.2, 0) is 9.53 Å². The Labute approximate surface area is 212 Å². The van der Waals surface area contributed by atoms with Crippen LogP contribution in [0, 0.1) is 40.4 Å². The van der Waals surface area contributed by atoms with Crippen LogP contribution in [-0.4, -0.2) is 48.1 Å². The van der Waals surface area contributed by atoms with Crippen LogP contribution in [0.5, 0.6) is 0 Å². The summed E-state index contributed by atoms with van der Waals surface area (Å²) >= 11 is 2.32. The first kappa shape index (κ1) is 23.9. The molecule has 5 fully saturated rings. The van der Waals surface area contributed by atoms with E-state index in [0.717, 1.165) is 28.9 Å². The Morgan fingerprint density at radius 1 is 1.00 bits per heavy atom. The summed E-state index contributed by atoms with van der Waals surface area (Å²) in [5.74, 6) is 5.55. The van der Waals surface area contributed by atoms with Crippen molar-refractivity contribution >= 4 is 17.7 Å². The van der Waals surface area contributed by atoms with E-state index in [1.54, 1.807) is 0 Å². The van der Waals surface area contributed by atoms with Crippen molar-refractivity contribution in [1.29, 1.82) is 0 Å². The third-order valence-electron chi connectivity index (χ3n) is 11.9. The molecule has 6 rings (SSSR count). The third kappa shape index (κ3) is 4.11. The largest absolute Gasteiger partial charge is 0.458 e. The lowest BCUT2D eigenvalue weighted by atomic mass is 9.44. The molecular weight excluding hydrogens is 438 g/mol. The first-order valence-corrected chi connectivity index (χ1v) is 15.7. The SMILES string of the molecule is C[C@]12CC[C@H](SCCCN3CCCC3)C[C@@H]1CC[C@@H]1[C@@H]2CC[C@]2(C)[C@@H](C3=CC(=O)OC3)CC[C@@H]12. The molecule has 0 aromatic rings. The Balaban J connectivity index is 1.07. The molecule has 0 bridgehead atoms. The van der Waals surface area contributed by atoms with Gasteiger partial charge in [0.25, 0.3) is 0 Å². The second-order valence-corrected chi connectivity index (χ2v) is 14.7. The van der Waals surface area contributed by atoms with Gasteiger partial charge in [0.05, 0.1) is 0 Å². The molecule has 0 radical (unpaired) electrons. The van der Waals surface area contributed by atoms with Gasteiger partial charge in [-0.2, -0.15) is 11.8 Å². The maximum absolute atomic E-state index is 11.8. The average molecular weight is 486 g/mol. The monoisotopic (exact) mass is 485 g/mol. The quantitative estimate of drug-likeness (QED) is 0.309. The van der Waals surface area contributed by atoms with Gasteiger partial charge in [-0.1, -0.05) is 13.8 Å². The molecule has 4 heteroatoms. The summed E-state index contributed by atoms with van der Waals surface area (Å²) < 4.78 is 5.33. The predicted molar refractivity (Wildman–Crippen MR) is 141 cm³/mol. The molecule has 0 aromatic carbocycles. The van der Waals surface area contributed by atoms with Crippen molar-refractivity contribution in [2.24, 2.45) is 40.4 Å². The van der Waals surface area contributed by atoms with Crippen molar-refractivity contribution in [2.45, 2.75) is 96.1 Å². The number of nitrogens with zero attached hydrogens (tertiary/aromatic N) is 1. The first-order chi connectivity index (χ1) is 16.5. The zero-order valence-corrected chi connectivity index (χ0v) is 22.6. The summed E-state index contributed by atoms with van der Waals surface area (Å²) in [5.41, 5.74) is 2.29. The lowest BCUT2D eigenvalue weighted by Crippen LogP contribution is -2.53. The van der Waals surface area contributed by atoms with Crippen LogP contribution in [0.15, 0.2) is 11.6 Å². The van der Waals surface area contributed by atoms with Gasteiger partial charge in [0.1, 0.15) is 6.61 Å². The highest BCUT2D eigenvalue weighted by Crippen LogP contribution is 2.68. The molecule has 3 nitrogen and oxygen atoms in total. The molecule has 34 heavy (non-hydrogen) atoms. The van der Waals surface area contributed by atoms with E-state index in [2.05, 4.69) is 30.5 Å². The highest BCUT2D eigenvalue weighted by Gasteiger charge is 2.60. The van der Waals surface area contributed by atoms with Crippen LogP contribution < -0.4 is 0 Å². The maximum atomic E-state index is 11.8. The zero-order valence-electron chi connectivity index (χ0n) is 21.7. The summed E-state index contributed by atoms with van der Waals surface area (Å²) in [6.07, 6.45) is 18.9.